The van der Waals surface area contributed by atoms with E-state index < -0.39 is 28.4 Å². The highest BCUT2D eigenvalue weighted by molar-refractivity contribution is 7.89. The van der Waals surface area contributed by atoms with Gasteiger partial charge in [0.15, 0.2) is 5.78 Å². The van der Waals surface area contributed by atoms with E-state index in [0.29, 0.717) is 23.4 Å². The summed E-state index contributed by atoms with van der Waals surface area (Å²) in [5, 5.41) is 2.60. The van der Waals surface area contributed by atoms with Crippen LogP contribution in [-0.2, 0) is 19.6 Å². The van der Waals surface area contributed by atoms with E-state index in [-0.39, 0.29) is 10.7 Å². The van der Waals surface area contributed by atoms with Gasteiger partial charge in [0.2, 0.25) is 15.9 Å². The predicted octanol–water partition coefficient (Wildman–Crippen LogP) is 3.11. The number of Topliss-reactive ketones (excluding diaryl/α,β-unsaturated/α-hetero) is 1. The van der Waals surface area contributed by atoms with Crippen LogP contribution in [0.25, 0.3) is 0 Å². The number of likely N-dealkylation sites (N-methyl/N-ethyl adjacent to an activating group) is 1. The van der Waals surface area contributed by atoms with Crippen LogP contribution in [0.4, 0.5) is 5.69 Å². The number of carbonyl (C=O) groups excluding carboxylic acids is 3. The summed E-state index contributed by atoms with van der Waals surface area (Å²) < 4.78 is 31.3. The number of benzene rings is 2. The number of nitrogens with zero attached hydrogens (tertiary/aromatic N) is 1. The molecule has 0 spiro atoms. The number of rotatable bonds is 10. The molecule has 0 aromatic heterocycles. The Labute approximate surface area is 182 Å². The standard InChI is InChI=1S/C22H26N2O6S/c1-4-5-14-30-22(27)18-6-10-19(11-7-18)23-21(26)15-24(3)31(28,29)20-12-8-17(9-13-20)16(2)25/h6-13H,4-5,14-15H2,1-3H3,(H,23,26). The Hall–Kier alpha value is -3.04. The van der Waals surface area contributed by atoms with Crippen LogP contribution in [0.2, 0.25) is 0 Å². The lowest BCUT2D eigenvalue weighted by Crippen LogP contribution is -2.35. The van der Waals surface area contributed by atoms with Gasteiger partial charge >= 0.3 is 5.97 Å². The molecule has 0 aliphatic carbocycles. The third kappa shape index (κ3) is 6.73. The maximum Gasteiger partial charge on any atom is 0.338 e. The Morgan fingerprint density at radius 3 is 2.10 bits per heavy atom. The maximum atomic E-state index is 12.6. The Morgan fingerprint density at radius 2 is 1.55 bits per heavy atom. The van der Waals surface area contributed by atoms with Gasteiger partial charge in [0, 0.05) is 18.3 Å². The number of ether oxygens (including phenoxy) is 1. The van der Waals surface area contributed by atoms with Gasteiger partial charge in [0.25, 0.3) is 0 Å². The Morgan fingerprint density at radius 1 is 0.968 bits per heavy atom. The Kier molecular flexibility index (Phi) is 8.47. The fourth-order valence-electron chi connectivity index (χ4n) is 2.61. The average Bonchev–Trinajstić information content (AvgIpc) is 2.74. The van der Waals surface area contributed by atoms with Crippen LogP contribution in [0.1, 0.15) is 47.4 Å². The largest absolute Gasteiger partial charge is 0.462 e. The summed E-state index contributed by atoms with van der Waals surface area (Å²) in [6.07, 6.45) is 1.71. The van der Waals surface area contributed by atoms with Gasteiger partial charge < -0.3 is 10.1 Å². The number of hydrogen-bond donors (Lipinski definition) is 1. The van der Waals surface area contributed by atoms with Crippen molar-refractivity contribution in [1.82, 2.24) is 4.31 Å². The number of esters is 1. The number of hydrogen-bond acceptors (Lipinski definition) is 6. The zero-order chi connectivity index (χ0) is 23.0. The second-order valence-electron chi connectivity index (χ2n) is 6.96. The highest BCUT2D eigenvalue weighted by atomic mass is 32.2. The molecule has 9 heteroatoms. The number of nitrogens with one attached hydrogen (secondary N) is 1. The fraction of sp³-hybridized carbons (Fsp3) is 0.318. The van der Waals surface area contributed by atoms with Gasteiger partial charge in [0.1, 0.15) is 0 Å². The molecule has 0 fully saturated rings. The number of sulfonamides is 1. The van der Waals surface area contributed by atoms with E-state index in [4.69, 9.17) is 4.74 Å². The van der Waals surface area contributed by atoms with Crippen molar-refractivity contribution in [2.24, 2.45) is 0 Å². The topological polar surface area (TPSA) is 110 Å². The second kappa shape index (κ2) is 10.8. The summed E-state index contributed by atoms with van der Waals surface area (Å²) in [5.74, 6) is -1.14. The Bertz CT molecular complexity index is 1030. The van der Waals surface area contributed by atoms with Crippen LogP contribution in [0.3, 0.4) is 0 Å². The normalized spacial score (nSPS) is 11.2. The number of amides is 1. The first-order chi connectivity index (χ1) is 14.6. The van der Waals surface area contributed by atoms with Crippen LogP contribution in [0.5, 0.6) is 0 Å². The number of unbranched alkanes of at least 4 members (excludes halogenated alkanes) is 1. The molecule has 0 atom stereocenters. The molecular weight excluding hydrogens is 420 g/mol. The van der Waals surface area contributed by atoms with Crippen molar-refractivity contribution in [2.45, 2.75) is 31.6 Å². The van der Waals surface area contributed by atoms with E-state index in [1.165, 1.54) is 50.4 Å². The van der Waals surface area contributed by atoms with Gasteiger partial charge in [-0.2, -0.15) is 4.31 Å². The van der Waals surface area contributed by atoms with Crippen LogP contribution in [0, 0.1) is 0 Å². The molecule has 0 aliphatic rings. The summed E-state index contributed by atoms with van der Waals surface area (Å²) in [6.45, 7) is 3.34. The van der Waals surface area contributed by atoms with Crippen molar-refractivity contribution in [3.8, 4) is 0 Å². The van der Waals surface area contributed by atoms with Gasteiger partial charge in [-0.25, -0.2) is 13.2 Å². The molecule has 0 heterocycles. The minimum absolute atomic E-state index is 0.0151. The summed E-state index contributed by atoms with van der Waals surface area (Å²) in [5.41, 5.74) is 1.19. The molecule has 2 aromatic carbocycles. The zero-order valence-corrected chi connectivity index (χ0v) is 18.6. The number of anilines is 1. The smallest absolute Gasteiger partial charge is 0.338 e. The van der Waals surface area contributed by atoms with E-state index in [1.54, 1.807) is 12.1 Å². The van der Waals surface area contributed by atoms with Crippen molar-refractivity contribution < 1.29 is 27.5 Å². The lowest BCUT2D eigenvalue weighted by molar-refractivity contribution is -0.116. The summed E-state index contributed by atoms with van der Waals surface area (Å²) >= 11 is 0. The van der Waals surface area contributed by atoms with Crippen LogP contribution in [-0.4, -0.2) is 50.6 Å². The molecule has 0 saturated carbocycles. The first kappa shape index (κ1) is 24.2. The summed E-state index contributed by atoms with van der Waals surface area (Å²) in [4.78, 5) is 35.5. The van der Waals surface area contributed by atoms with Gasteiger partial charge in [0.05, 0.1) is 23.6 Å². The molecule has 8 nitrogen and oxygen atoms in total. The SMILES string of the molecule is CCCCOC(=O)c1ccc(NC(=O)CN(C)S(=O)(=O)c2ccc(C(C)=O)cc2)cc1. The molecule has 31 heavy (non-hydrogen) atoms. The first-order valence-corrected chi connectivity index (χ1v) is 11.2. The molecule has 2 aromatic rings. The van der Waals surface area contributed by atoms with Crippen LogP contribution in [0.15, 0.2) is 53.4 Å². The van der Waals surface area contributed by atoms with Gasteiger partial charge in [-0.15, -0.1) is 0 Å². The molecule has 1 N–H and O–H groups in total. The van der Waals surface area contributed by atoms with Crippen molar-refractivity contribution in [3.63, 3.8) is 0 Å². The van der Waals surface area contributed by atoms with Crippen molar-refractivity contribution in [3.05, 3.63) is 59.7 Å². The molecule has 1 amide bonds. The van der Waals surface area contributed by atoms with E-state index in [0.717, 1.165) is 17.1 Å². The monoisotopic (exact) mass is 446 g/mol. The molecular formula is C22H26N2O6S. The third-order valence-electron chi connectivity index (χ3n) is 4.47. The third-order valence-corrected chi connectivity index (χ3v) is 6.29. The molecule has 166 valence electrons. The highest BCUT2D eigenvalue weighted by Gasteiger charge is 2.23. The first-order valence-electron chi connectivity index (χ1n) is 9.79. The highest BCUT2D eigenvalue weighted by Crippen LogP contribution is 2.16. The molecule has 2 rings (SSSR count). The quantitative estimate of drug-likeness (QED) is 0.341. The zero-order valence-electron chi connectivity index (χ0n) is 17.8. The van der Waals surface area contributed by atoms with Crippen molar-refractivity contribution in [2.75, 3.05) is 25.5 Å². The molecule has 0 radical (unpaired) electrons. The number of ketones is 1. The van der Waals surface area contributed by atoms with Crippen LogP contribution >= 0.6 is 0 Å². The van der Waals surface area contributed by atoms with E-state index in [9.17, 15) is 22.8 Å². The number of carbonyl (C=O) groups is 3. The van der Waals surface area contributed by atoms with Crippen LogP contribution < -0.4 is 5.32 Å². The minimum Gasteiger partial charge on any atom is -0.462 e. The minimum atomic E-state index is -3.90. The van der Waals surface area contributed by atoms with Gasteiger partial charge in [-0.3, -0.25) is 9.59 Å². The lowest BCUT2D eigenvalue weighted by Gasteiger charge is -2.17. The van der Waals surface area contributed by atoms with E-state index >= 15 is 0 Å². The summed E-state index contributed by atoms with van der Waals surface area (Å²) in [6, 6.07) is 11.7. The lowest BCUT2D eigenvalue weighted by atomic mass is 10.2. The predicted molar refractivity (Wildman–Crippen MR) is 117 cm³/mol. The fourth-order valence-corrected chi connectivity index (χ4v) is 3.74. The van der Waals surface area contributed by atoms with Gasteiger partial charge in [-0.1, -0.05) is 25.5 Å². The van der Waals surface area contributed by atoms with Crippen molar-refractivity contribution in [1.29, 1.82) is 0 Å². The van der Waals surface area contributed by atoms with E-state index in [2.05, 4.69) is 5.32 Å². The van der Waals surface area contributed by atoms with Gasteiger partial charge in [-0.05, 0) is 49.7 Å². The molecule has 0 saturated heterocycles. The molecule has 0 bridgehead atoms. The van der Waals surface area contributed by atoms with Crippen molar-refractivity contribution >= 4 is 33.4 Å². The Balaban J connectivity index is 1.96. The molecule has 0 aliphatic heterocycles. The van der Waals surface area contributed by atoms with E-state index in [1.807, 2.05) is 6.92 Å². The second-order valence-corrected chi connectivity index (χ2v) is 9.00. The maximum absolute atomic E-state index is 12.6. The molecule has 0 unspecified atom stereocenters. The summed E-state index contributed by atoms with van der Waals surface area (Å²) in [7, 11) is -2.60. The average molecular weight is 447 g/mol.